The fourth-order valence-electron chi connectivity index (χ4n) is 2.49. The Bertz CT molecular complexity index is 916. The third kappa shape index (κ3) is 2.01. The Hall–Kier alpha value is -2.88. The number of ketones is 1. The number of para-hydroxylation sites is 2. The summed E-state index contributed by atoms with van der Waals surface area (Å²) in [4.78, 5) is 12.4. The molecule has 0 spiro atoms. The number of carbonyl (C=O) groups is 1. The van der Waals surface area contributed by atoms with Crippen LogP contribution in [0.4, 0.5) is 0 Å². The molecular formula is C17H12N2O2. The highest BCUT2D eigenvalue weighted by Crippen LogP contribution is 2.20. The van der Waals surface area contributed by atoms with Crippen LogP contribution in [-0.4, -0.2) is 15.6 Å². The molecule has 0 aliphatic carbocycles. The zero-order valence-corrected chi connectivity index (χ0v) is 11.2. The molecule has 2 aromatic carbocycles. The van der Waals surface area contributed by atoms with Gasteiger partial charge in [-0.25, -0.2) is 0 Å². The molecule has 21 heavy (non-hydrogen) atoms. The smallest absolute Gasteiger partial charge is 0.219 e. The van der Waals surface area contributed by atoms with Gasteiger partial charge in [-0.3, -0.25) is 9.48 Å². The Morgan fingerprint density at radius 2 is 1.81 bits per heavy atom. The van der Waals surface area contributed by atoms with Crippen LogP contribution < -0.4 is 0 Å². The number of hydrogen-bond donors (Lipinski definition) is 0. The molecular weight excluding hydrogens is 264 g/mol. The minimum atomic E-state index is -0.0833. The number of nitrogens with zero attached hydrogens (tertiary/aromatic N) is 2. The first-order chi connectivity index (χ1) is 10.3. The summed E-state index contributed by atoms with van der Waals surface area (Å²) in [5.74, 6) is 0.288. The fraction of sp³-hybridized carbons (Fsp3) is 0.0588. The summed E-state index contributed by atoms with van der Waals surface area (Å²) in [7, 11) is 0. The molecule has 4 heteroatoms. The number of Topliss-reactive ketones (excluding diaryl/α,β-unsaturated/α-hetero) is 1. The molecule has 4 rings (SSSR count). The van der Waals surface area contributed by atoms with E-state index in [4.69, 9.17) is 4.42 Å². The van der Waals surface area contributed by atoms with Crippen LogP contribution in [0.5, 0.6) is 0 Å². The first-order valence-electron chi connectivity index (χ1n) is 6.73. The van der Waals surface area contributed by atoms with E-state index in [2.05, 4.69) is 5.10 Å². The molecule has 2 aromatic heterocycles. The van der Waals surface area contributed by atoms with Gasteiger partial charge in [0.1, 0.15) is 12.1 Å². The van der Waals surface area contributed by atoms with Crippen molar-refractivity contribution in [2.75, 3.05) is 0 Å². The van der Waals surface area contributed by atoms with Crippen LogP contribution in [0.2, 0.25) is 0 Å². The Balaban J connectivity index is 1.69. The van der Waals surface area contributed by atoms with Gasteiger partial charge in [0, 0.05) is 10.8 Å². The van der Waals surface area contributed by atoms with E-state index in [1.165, 1.54) is 0 Å². The molecule has 0 atom stereocenters. The summed E-state index contributed by atoms with van der Waals surface area (Å²) in [5.41, 5.74) is 1.67. The molecule has 0 unspecified atom stereocenters. The van der Waals surface area contributed by atoms with Gasteiger partial charge in [0.15, 0.2) is 5.76 Å². The van der Waals surface area contributed by atoms with Crippen LogP contribution in [0.25, 0.3) is 21.9 Å². The van der Waals surface area contributed by atoms with Crippen molar-refractivity contribution in [3.05, 3.63) is 66.6 Å². The lowest BCUT2D eigenvalue weighted by Gasteiger charge is -2.00. The first kappa shape index (κ1) is 11.9. The van der Waals surface area contributed by atoms with E-state index >= 15 is 0 Å². The number of aromatic nitrogens is 2. The van der Waals surface area contributed by atoms with E-state index < -0.39 is 0 Å². The number of carbonyl (C=O) groups excluding carboxylic acids is 1. The summed E-state index contributed by atoms with van der Waals surface area (Å²) in [6.45, 7) is 0.174. The van der Waals surface area contributed by atoms with Gasteiger partial charge in [-0.05, 0) is 18.2 Å². The number of hydrogen-bond acceptors (Lipinski definition) is 3. The second-order valence-electron chi connectivity index (χ2n) is 4.93. The molecule has 0 bridgehead atoms. The molecule has 0 saturated heterocycles. The second-order valence-corrected chi connectivity index (χ2v) is 4.93. The normalized spacial score (nSPS) is 11.2. The van der Waals surface area contributed by atoms with E-state index in [0.29, 0.717) is 5.76 Å². The first-order valence-corrected chi connectivity index (χ1v) is 6.73. The van der Waals surface area contributed by atoms with Gasteiger partial charge in [0.25, 0.3) is 0 Å². The van der Waals surface area contributed by atoms with Gasteiger partial charge in [0.05, 0.1) is 11.7 Å². The lowest BCUT2D eigenvalue weighted by atomic mass is 10.2. The minimum Gasteiger partial charge on any atom is -0.453 e. The lowest BCUT2D eigenvalue weighted by molar-refractivity contribution is 0.0944. The second kappa shape index (κ2) is 4.59. The Morgan fingerprint density at radius 3 is 2.67 bits per heavy atom. The summed E-state index contributed by atoms with van der Waals surface area (Å²) in [6, 6.07) is 17.2. The molecule has 2 heterocycles. The van der Waals surface area contributed by atoms with Crippen molar-refractivity contribution in [3.63, 3.8) is 0 Å². The van der Waals surface area contributed by atoms with Crippen molar-refractivity contribution in [2.24, 2.45) is 0 Å². The van der Waals surface area contributed by atoms with Crippen LogP contribution in [0.3, 0.4) is 0 Å². The molecule has 0 aliphatic heterocycles. The zero-order chi connectivity index (χ0) is 14.2. The van der Waals surface area contributed by atoms with Crippen molar-refractivity contribution in [2.45, 2.75) is 6.54 Å². The maximum Gasteiger partial charge on any atom is 0.219 e. The number of furan rings is 1. The lowest BCUT2D eigenvalue weighted by Crippen LogP contribution is -2.10. The van der Waals surface area contributed by atoms with E-state index in [0.717, 1.165) is 21.9 Å². The van der Waals surface area contributed by atoms with Gasteiger partial charge < -0.3 is 4.42 Å². The maximum absolute atomic E-state index is 12.4. The predicted octanol–water partition coefficient (Wildman–Crippen LogP) is 3.67. The average Bonchev–Trinajstić information content (AvgIpc) is 3.11. The molecule has 0 saturated carbocycles. The topological polar surface area (TPSA) is 48.0 Å². The van der Waals surface area contributed by atoms with Gasteiger partial charge in [-0.2, -0.15) is 5.10 Å². The average molecular weight is 276 g/mol. The number of fused-ring (bicyclic) bond motifs is 2. The van der Waals surface area contributed by atoms with E-state index in [1.807, 2.05) is 48.5 Å². The molecule has 0 N–H and O–H groups in total. The van der Waals surface area contributed by atoms with Crippen molar-refractivity contribution >= 4 is 27.7 Å². The van der Waals surface area contributed by atoms with Gasteiger partial charge >= 0.3 is 0 Å². The van der Waals surface area contributed by atoms with Crippen molar-refractivity contribution in [1.82, 2.24) is 9.78 Å². The van der Waals surface area contributed by atoms with E-state index in [1.54, 1.807) is 16.9 Å². The van der Waals surface area contributed by atoms with Crippen LogP contribution in [-0.2, 0) is 6.54 Å². The van der Waals surface area contributed by atoms with Gasteiger partial charge in [-0.1, -0.05) is 36.4 Å². The molecule has 4 aromatic rings. The fourth-order valence-corrected chi connectivity index (χ4v) is 2.49. The van der Waals surface area contributed by atoms with Crippen LogP contribution in [0, 0.1) is 0 Å². The summed E-state index contributed by atoms with van der Waals surface area (Å²) >= 11 is 0. The molecule has 4 nitrogen and oxygen atoms in total. The van der Waals surface area contributed by atoms with Crippen molar-refractivity contribution in [3.8, 4) is 0 Å². The van der Waals surface area contributed by atoms with Gasteiger partial charge in [0.2, 0.25) is 5.78 Å². The minimum absolute atomic E-state index is 0.0833. The molecule has 0 amide bonds. The van der Waals surface area contributed by atoms with E-state index in [9.17, 15) is 4.79 Å². The monoisotopic (exact) mass is 276 g/mol. The quantitative estimate of drug-likeness (QED) is 0.536. The SMILES string of the molecule is O=C(Cn1ncc2ccccc21)c1cc2ccccc2o1. The number of rotatable bonds is 3. The highest BCUT2D eigenvalue weighted by Gasteiger charge is 2.14. The zero-order valence-electron chi connectivity index (χ0n) is 11.2. The summed E-state index contributed by atoms with van der Waals surface area (Å²) < 4.78 is 7.30. The number of benzene rings is 2. The third-order valence-corrected chi connectivity index (χ3v) is 3.54. The van der Waals surface area contributed by atoms with Crippen molar-refractivity contribution in [1.29, 1.82) is 0 Å². The Labute approximate surface area is 120 Å². The molecule has 0 radical (unpaired) electrons. The Morgan fingerprint density at radius 1 is 1.05 bits per heavy atom. The van der Waals surface area contributed by atoms with Gasteiger partial charge in [-0.15, -0.1) is 0 Å². The maximum atomic E-state index is 12.4. The van der Waals surface area contributed by atoms with E-state index in [-0.39, 0.29) is 12.3 Å². The van der Waals surface area contributed by atoms with Crippen molar-refractivity contribution < 1.29 is 9.21 Å². The van der Waals surface area contributed by atoms with Crippen LogP contribution >= 0.6 is 0 Å². The summed E-state index contributed by atoms with van der Waals surface area (Å²) in [5, 5.41) is 6.23. The highest BCUT2D eigenvalue weighted by molar-refractivity contribution is 5.98. The highest BCUT2D eigenvalue weighted by atomic mass is 16.3. The largest absolute Gasteiger partial charge is 0.453 e. The molecule has 0 aliphatic rings. The van der Waals surface area contributed by atoms with Crippen LogP contribution in [0.1, 0.15) is 10.6 Å². The standard InChI is InChI=1S/C17H12N2O2/c20-15(17-9-12-5-2-4-8-16(12)21-17)11-19-14-7-3-1-6-13(14)10-18-19/h1-10H,11H2. The Kier molecular flexibility index (Phi) is 2.60. The third-order valence-electron chi connectivity index (χ3n) is 3.54. The molecule has 0 fully saturated rings. The summed E-state index contributed by atoms with van der Waals surface area (Å²) in [6.07, 6.45) is 1.77. The predicted molar refractivity (Wildman–Crippen MR) is 80.3 cm³/mol. The van der Waals surface area contributed by atoms with Crippen LogP contribution in [0.15, 0.2) is 65.2 Å². The molecule has 102 valence electrons.